The van der Waals surface area contributed by atoms with Crippen LogP contribution in [0, 0.1) is 6.92 Å². The molecule has 5 nitrogen and oxygen atoms in total. The first-order valence-corrected chi connectivity index (χ1v) is 7.38. The van der Waals surface area contributed by atoms with Crippen molar-refractivity contribution in [2.45, 2.75) is 47.5 Å². The molecule has 1 aromatic rings. The summed E-state index contributed by atoms with van der Waals surface area (Å²) in [5.74, 6) is -1.10. The van der Waals surface area contributed by atoms with Crippen molar-refractivity contribution in [2.24, 2.45) is 0 Å². The smallest absolute Gasteiger partial charge is 0.357 e. The number of aromatic nitrogens is 1. The molecule has 21 heavy (non-hydrogen) atoms. The van der Waals surface area contributed by atoms with E-state index in [0.717, 1.165) is 23.2 Å². The van der Waals surface area contributed by atoms with Crippen LogP contribution in [0.1, 0.15) is 65.4 Å². The molecule has 0 fully saturated rings. The predicted octanol–water partition coefficient (Wildman–Crippen LogP) is 2.87. The van der Waals surface area contributed by atoms with Crippen LogP contribution in [-0.2, 0) is 22.3 Å². The van der Waals surface area contributed by atoms with Crippen molar-refractivity contribution in [1.29, 1.82) is 0 Å². The minimum absolute atomic E-state index is 0.0573. The zero-order valence-electron chi connectivity index (χ0n) is 13.4. The fraction of sp³-hybridized carbons (Fsp3) is 0.562. The fourth-order valence-corrected chi connectivity index (χ4v) is 2.43. The minimum atomic E-state index is -0.582. The van der Waals surface area contributed by atoms with Gasteiger partial charge in [0.1, 0.15) is 0 Å². The first-order chi connectivity index (χ1) is 10.0. The molecule has 0 bridgehead atoms. The number of nitrogens with zero attached hydrogens (tertiary/aromatic N) is 1. The van der Waals surface area contributed by atoms with Crippen LogP contribution >= 0.6 is 0 Å². The molecule has 1 rings (SSSR count). The molecule has 0 atom stereocenters. The summed E-state index contributed by atoms with van der Waals surface area (Å²) in [5, 5.41) is 0. The number of pyridine rings is 1. The Bertz CT molecular complexity index is 538. The van der Waals surface area contributed by atoms with Crippen molar-refractivity contribution in [3.05, 3.63) is 28.1 Å². The lowest BCUT2D eigenvalue weighted by molar-refractivity contribution is 0.0472. The average Bonchev–Trinajstić information content (AvgIpc) is 2.46. The monoisotopic (exact) mass is 293 g/mol. The van der Waals surface area contributed by atoms with Gasteiger partial charge in [-0.1, -0.05) is 13.8 Å². The van der Waals surface area contributed by atoms with Gasteiger partial charge < -0.3 is 9.47 Å². The highest BCUT2D eigenvalue weighted by Crippen LogP contribution is 2.24. The number of ether oxygens (including phenoxy) is 2. The lowest BCUT2D eigenvalue weighted by atomic mass is 9.94. The second kappa shape index (κ2) is 7.76. The summed E-state index contributed by atoms with van der Waals surface area (Å²) < 4.78 is 10.1. The standard InChI is InChI=1S/C16H23NO4/c1-6-11-10(5)17-14(16(19)21-9-4)13(12(11)7-2)15(18)20-8-3/h6-9H2,1-5H3. The molecular formula is C16H23NO4. The lowest BCUT2D eigenvalue weighted by Gasteiger charge is -2.17. The molecule has 0 unspecified atom stereocenters. The Hall–Kier alpha value is -1.91. The van der Waals surface area contributed by atoms with Gasteiger partial charge in [0.05, 0.1) is 18.8 Å². The molecule has 0 aliphatic carbocycles. The zero-order chi connectivity index (χ0) is 16.0. The van der Waals surface area contributed by atoms with E-state index in [2.05, 4.69) is 4.98 Å². The zero-order valence-corrected chi connectivity index (χ0v) is 13.4. The Morgan fingerprint density at radius 1 is 0.905 bits per heavy atom. The van der Waals surface area contributed by atoms with Gasteiger partial charge >= 0.3 is 11.9 Å². The average molecular weight is 293 g/mol. The number of hydrogen-bond donors (Lipinski definition) is 0. The van der Waals surface area contributed by atoms with Gasteiger partial charge in [0, 0.05) is 5.69 Å². The van der Waals surface area contributed by atoms with E-state index < -0.39 is 11.9 Å². The number of aryl methyl sites for hydroxylation is 1. The van der Waals surface area contributed by atoms with E-state index in [-0.39, 0.29) is 24.5 Å². The maximum absolute atomic E-state index is 12.3. The summed E-state index contributed by atoms with van der Waals surface area (Å²) in [4.78, 5) is 28.7. The number of carbonyl (C=O) groups is 2. The Morgan fingerprint density at radius 2 is 1.43 bits per heavy atom. The van der Waals surface area contributed by atoms with Crippen LogP contribution in [0.25, 0.3) is 0 Å². The molecule has 0 aliphatic heterocycles. The number of carbonyl (C=O) groups excluding carboxylic acids is 2. The van der Waals surface area contributed by atoms with Crippen molar-refractivity contribution in [2.75, 3.05) is 13.2 Å². The molecule has 0 aromatic carbocycles. The molecule has 0 radical (unpaired) electrons. The fourth-order valence-electron chi connectivity index (χ4n) is 2.43. The molecule has 5 heteroatoms. The minimum Gasteiger partial charge on any atom is -0.462 e. The molecule has 0 amide bonds. The van der Waals surface area contributed by atoms with Crippen LogP contribution in [0.5, 0.6) is 0 Å². The van der Waals surface area contributed by atoms with E-state index in [1.807, 2.05) is 20.8 Å². The highest BCUT2D eigenvalue weighted by molar-refractivity contribution is 6.03. The van der Waals surface area contributed by atoms with Crippen molar-refractivity contribution in [3.63, 3.8) is 0 Å². The second-order valence-electron chi connectivity index (χ2n) is 4.53. The van der Waals surface area contributed by atoms with Gasteiger partial charge in [-0.15, -0.1) is 0 Å². The molecule has 1 heterocycles. The van der Waals surface area contributed by atoms with Crippen LogP contribution in [0.3, 0.4) is 0 Å². The Morgan fingerprint density at radius 3 is 1.90 bits per heavy atom. The first kappa shape index (κ1) is 17.1. The third-order valence-electron chi connectivity index (χ3n) is 3.27. The van der Waals surface area contributed by atoms with E-state index in [9.17, 15) is 9.59 Å². The van der Waals surface area contributed by atoms with Crippen LogP contribution < -0.4 is 0 Å². The van der Waals surface area contributed by atoms with Crippen molar-refractivity contribution in [1.82, 2.24) is 4.98 Å². The van der Waals surface area contributed by atoms with Crippen molar-refractivity contribution < 1.29 is 19.1 Å². The van der Waals surface area contributed by atoms with Gasteiger partial charge in [0.2, 0.25) is 0 Å². The van der Waals surface area contributed by atoms with Gasteiger partial charge in [-0.05, 0) is 44.7 Å². The van der Waals surface area contributed by atoms with Gasteiger partial charge in [-0.2, -0.15) is 0 Å². The highest BCUT2D eigenvalue weighted by Gasteiger charge is 2.27. The van der Waals surface area contributed by atoms with Crippen LogP contribution in [0.4, 0.5) is 0 Å². The lowest BCUT2D eigenvalue weighted by Crippen LogP contribution is -2.21. The summed E-state index contributed by atoms with van der Waals surface area (Å²) in [6, 6.07) is 0. The molecule has 116 valence electrons. The van der Waals surface area contributed by atoms with Crippen molar-refractivity contribution >= 4 is 11.9 Å². The number of hydrogen-bond acceptors (Lipinski definition) is 5. The second-order valence-corrected chi connectivity index (χ2v) is 4.53. The maximum Gasteiger partial charge on any atom is 0.357 e. The Kier molecular flexibility index (Phi) is 6.34. The summed E-state index contributed by atoms with van der Waals surface area (Å²) in [7, 11) is 0. The highest BCUT2D eigenvalue weighted by atomic mass is 16.5. The van der Waals surface area contributed by atoms with Gasteiger partial charge in [0.15, 0.2) is 5.69 Å². The quantitative estimate of drug-likeness (QED) is 0.754. The summed E-state index contributed by atoms with van der Waals surface area (Å²) in [6.07, 6.45) is 1.38. The summed E-state index contributed by atoms with van der Waals surface area (Å²) >= 11 is 0. The SMILES string of the molecule is CCOC(=O)c1nc(C)c(CC)c(CC)c1C(=O)OCC. The molecule has 0 N–H and O–H groups in total. The molecule has 0 aliphatic rings. The van der Waals surface area contributed by atoms with Crippen LogP contribution in [0.2, 0.25) is 0 Å². The number of rotatable bonds is 6. The van der Waals surface area contributed by atoms with Crippen LogP contribution in [0.15, 0.2) is 0 Å². The van der Waals surface area contributed by atoms with E-state index in [1.54, 1.807) is 13.8 Å². The van der Waals surface area contributed by atoms with Crippen molar-refractivity contribution in [3.8, 4) is 0 Å². The molecule has 0 saturated heterocycles. The third kappa shape index (κ3) is 3.60. The Balaban J connectivity index is 3.58. The Labute approximate surface area is 125 Å². The molecular weight excluding hydrogens is 270 g/mol. The van der Waals surface area contributed by atoms with E-state index in [1.165, 1.54) is 0 Å². The summed E-state index contributed by atoms with van der Waals surface area (Å²) in [5.41, 5.74) is 2.88. The van der Waals surface area contributed by atoms with Gasteiger partial charge in [-0.25, -0.2) is 14.6 Å². The molecule has 1 aromatic heterocycles. The van der Waals surface area contributed by atoms with E-state index in [0.29, 0.717) is 6.42 Å². The maximum atomic E-state index is 12.3. The molecule has 0 saturated carbocycles. The predicted molar refractivity (Wildman–Crippen MR) is 79.6 cm³/mol. The molecule has 0 spiro atoms. The normalized spacial score (nSPS) is 10.3. The van der Waals surface area contributed by atoms with Gasteiger partial charge in [0.25, 0.3) is 0 Å². The van der Waals surface area contributed by atoms with E-state index >= 15 is 0 Å². The van der Waals surface area contributed by atoms with Gasteiger partial charge in [-0.3, -0.25) is 0 Å². The number of esters is 2. The van der Waals surface area contributed by atoms with Crippen LogP contribution in [-0.4, -0.2) is 30.1 Å². The summed E-state index contributed by atoms with van der Waals surface area (Å²) in [6.45, 7) is 9.73. The third-order valence-corrected chi connectivity index (χ3v) is 3.27. The van der Waals surface area contributed by atoms with E-state index in [4.69, 9.17) is 9.47 Å². The topological polar surface area (TPSA) is 65.5 Å². The first-order valence-electron chi connectivity index (χ1n) is 7.38. The largest absolute Gasteiger partial charge is 0.462 e.